The number of nitrogens with zero attached hydrogens (tertiary/aromatic N) is 3. The Balaban J connectivity index is 1.96. The molecule has 2 rings (SSSR count). The van der Waals surface area contributed by atoms with Crippen LogP contribution < -0.4 is 16.4 Å². The van der Waals surface area contributed by atoms with Crippen LogP contribution in [0.3, 0.4) is 0 Å². The summed E-state index contributed by atoms with van der Waals surface area (Å²) in [7, 11) is 0. The molecule has 0 atom stereocenters. The number of nitriles is 1. The zero-order valence-corrected chi connectivity index (χ0v) is 10.9. The number of primary amides is 1. The van der Waals surface area contributed by atoms with Crippen molar-refractivity contribution in [2.24, 2.45) is 5.73 Å². The third-order valence-electron chi connectivity index (χ3n) is 2.45. The Kier molecular flexibility index (Phi) is 4.16. The number of carbonyl (C=O) groups excluding carboxylic acids is 2. The number of aromatic nitrogens is 2. The van der Waals surface area contributed by atoms with E-state index >= 15 is 0 Å². The van der Waals surface area contributed by atoms with Gasteiger partial charge in [-0.2, -0.15) is 10.4 Å². The van der Waals surface area contributed by atoms with Gasteiger partial charge in [-0.3, -0.25) is 14.8 Å². The summed E-state index contributed by atoms with van der Waals surface area (Å²) in [5.41, 5.74) is 5.97. The average Bonchev–Trinajstić information content (AvgIpc) is 2.85. The van der Waals surface area contributed by atoms with E-state index < -0.39 is 11.9 Å². The first-order chi connectivity index (χ1) is 10.1. The molecule has 3 amide bonds. The zero-order chi connectivity index (χ0) is 15.2. The van der Waals surface area contributed by atoms with Crippen molar-refractivity contribution in [3.63, 3.8) is 0 Å². The Hall–Kier alpha value is -3.34. The van der Waals surface area contributed by atoms with Crippen molar-refractivity contribution in [3.8, 4) is 6.07 Å². The van der Waals surface area contributed by atoms with E-state index in [0.717, 1.165) is 0 Å². The molecule has 1 aromatic carbocycles. The lowest BCUT2D eigenvalue weighted by molar-refractivity contribution is -0.118. The molecule has 0 radical (unpaired) electrons. The van der Waals surface area contributed by atoms with E-state index in [4.69, 9.17) is 11.0 Å². The van der Waals surface area contributed by atoms with Gasteiger partial charge in [0.15, 0.2) is 5.82 Å². The highest BCUT2D eigenvalue weighted by molar-refractivity contribution is 5.99. The maximum atomic E-state index is 11.8. The van der Waals surface area contributed by atoms with E-state index in [2.05, 4.69) is 15.7 Å². The van der Waals surface area contributed by atoms with E-state index in [1.807, 2.05) is 6.07 Å². The van der Waals surface area contributed by atoms with Crippen LogP contribution in [0, 0.1) is 11.3 Å². The number of anilines is 2. The second-order valence-corrected chi connectivity index (χ2v) is 4.14. The lowest BCUT2D eigenvalue weighted by atomic mass is 10.2. The molecule has 1 heterocycles. The summed E-state index contributed by atoms with van der Waals surface area (Å²) in [5, 5.41) is 17.8. The second-order valence-electron chi connectivity index (χ2n) is 4.14. The van der Waals surface area contributed by atoms with Crippen molar-refractivity contribution in [2.45, 2.75) is 6.54 Å². The van der Waals surface area contributed by atoms with Crippen LogP contribution in [0.5, 0.6) is 0 Å². The molecular formula is C13H12N6O2. The van der Waals surface area contributed by atoms with Gasteiger partial charge in [0.25, 0.3) is 0 Å². The van der Waals surface area contributed by atoms with Gasteiger partial charge in [0.05, 0.1) is 11.6 Å². The summed E-state index contributed by atoms with van der Waals surface area (Å²) in [6.07, 6.45) is 1.52. The lowest BCUT2D eigenvalue weighted by Crippen LogP contribution is -2.21. The highest BCUT2D eigenvalue weighted by atomic mass is 16.2. The molecule has 0 spiro atoms. The van der Waals surface area contributed by atoms with Crippen LogP contribution in [0.4, 0.5) is 16.3 Å². The number of rotatable bonds is 4. The van der Waals surface area contributed by atoms with Gasteiger partial charge in [-0.05, 0) is 18.2 Å². The van der Waals surface area contributed by atoms with Crippen LogP contribution in [0.25, 0.3) is 0 Å². The third kappa shape index (κ3) is 4.07. The largest absolute Gasteiger partial charge is 0.368 e. The molecule has 0 bridgehead atoms. The van der Waals surface area contributed by atoms with E-state index in [0.29, 0.717) is 11.3 Å². The topological polar surface area (TPSA) is 126 Å². The molecule has 106 valence electrons. The fourth-order valence-electron chi connectivity index (χ4n) is 1.62. The normalized spacial score (nSPS) is 9.67. The standard InChI is InChI=1S/C13H12N6O2/c14-7-9-2-1-3-10(6-9)16-13(21)17-12-4-5-19(18-12)8-11(15)20/h1-6H,8H2,(H2,15,20)(H2,16,17,18,21). The molecule has 0 aliphatic carbocycles. The molecule has 0 unspecified atom stereocenters. The first kappa shape index (κ1) is 14.1. The van der Waals surface area contributed by atoms with Gasteiger partial charge in [0, 0.05) is 18.0 Å². The van der Waals surface area contributed by atoms with Crippen LogP contribution in [-0.4, -0.2) is 21.7 Å². The molecule has 4 N–H and O–H groups in total. The Morgan fingerprint density at radius 2 is 2.14 bits per heavy atom. The first-order valence-corrected chi connectivity index (χ1v) is 5.97. The number of amides is 3. The molecule has 0 aliphatic rings. The second kappa shape index (κ2) is 6.21. The van der Waals surface area contributed by atoms with Gasteiger partial charge < -0.3 is 11.1 Å². The number of hydrogen-bond acceptors (Lipinski definition) is 4. The number of carbonyl (C=O) groups is 2. The zero-order valence-electron chi connectivity index (χ0n) is 10.9. The van der Waals surface area contributed by atoms with Crippen LogP contribution in [0.2, 0.25) is 0 Å². The number of urea groups is 1. The summed E-state index contributed by atoms with van der Waals surface area (Å²) in [6, 6.07) is 9.51. The van der Waals surface area contributed by atoms with Gasteiger partial charge in [0.1, 0.15) is 6.54 Å². The minimum Gasteiger partial charge on any atom is -0.368 e. The predicted molar refractivity (Wildman–Crippen MR) is 75.2 cm³/mol. The Morgan fingerprint density at radius 1 is 1.33 bits per heavy atom. The summed E-state index contributed by atoms with van der Waals surface area (Å²) < 4.78 is 1.31. The fraction of sp³-hybridized carbons (Fsp3) is 0.0769. The molecule has 0 aliphatic heterocycles. The van der Waals surface area contributed by atoms with Crippen molar-refractivity contribution in [3.05, 3.63) is 42.1 Å². The Morgan fingerprint density at radius 3 is 2.86 bits per heavy atom. The summed E-state index contributed by atoms with van der Waals surface area (Å²) in [6.45, 7) is -0.0620. The van der Waals surface area contributed by atoms with E-state index in [1.165, 1.54) is 16.9 Å². The van der Waals surface area contributed by atoms with Gasteiger partial charge in [-0.25, -0.2) is 4.79 Å². The van der Waals surface area contributed by atoms with E-state index in [1.54, 1.807) is 24.3 Å². The number of nitrogens with two attached hydrogens (primary N) is 1. The van der Waals surface area contributed by atoms with Gasteiger partial charge in [-0.1, -0.05) is 6.07 Å². The molecule has 21 heavy (non-hydrogen) atoms. The van der Waals surface area contributed by atoms with E-state index in [-0.39, 0.29) is 12.4 Å². The molecular weight excluding hydrogens is 272 g/mol. The number of benzene rings is 1. The van der Waals surface area contributed by atoms with Crippen molar-refractivity contribution >= 4 is 23.4 Å². The van der Waals surface area contributed by atoms with Crippen molar-refractivity contribution in [1.29, 1.82) is 5.26 Å². The quantitative estimate of drug-likeness (QED) is 0.770. The monoisotopic (exact) mass is 284 g/mol. The Labute approximate surface area is 120 Å². The maximum Gasteiger partial charge on any atom is 0.324 e. The summed E-state index contributed by atoms with van der Waals surface area (Å²) in [5.74, 6) is -0.243. The minimum atomic E-state index is -0.526. The summed E-state index contributed by atoms with van der Waals surface area (Å²) >= 11 is 0. The third-order valence-corrected chi connectivity index (χ3v) is 2.45. The lowest BCUT2D eigenvalue weighted by Gasteiger charge is -2.05. The van der Waals surface area contributed by atoms with Crippen LogP contribution in [0.15, 0.2) is 36.5 Å². The Bertz CT molecular complexity index is 715. The van der Waals surface area contributed by atoms with Crippen molar-refractivity contribution in [2.75, 3.05) is 10.6 Å². The van der Waals surface area contributed by atoms with Gasteiger partial charge >= 0.3 is 6.03 Å². The molecule has 0 fully saturated rings. The smallest absolute Gasteiger partial charge is 0.324 e. The number of hydrogen-bond donors (Lipinski definition) is 3. The first-order valence-electron chi connectivity index (χ1n) is 5.97. The average molecular weight is 284 g/mol. The molecule has 0 saturated heterocycles. The number of nitrogens with one attached hydrogen (secondary N) is 2. The predicted octanol–water partition coefficient (Wildman–Crippen LogP) is 0.884. The van der Waals surface area contributed by atoms with Crippen molar-refractivity contribution in [1.82, 2.24) is 9.78 Å². The fourth-order valence-corrected chi connectivity index (χ4v) is 1.62. The SMILES string of the molecule is N#Cc1cccc(NC(=O)Nc2ccn(CC(N)=O)n2)c1. The van der Waals surface area contributed by atoms with Crippen molar-refractivity contribution < 1.29 is 9.59 Å². The minimum absolute atomic E-state index is 0.0620. The summed E-state index contributed by atoms with van der Waals surface area (Å²) in [4.78, 5) is 22.5. The maximum absolute atomic E-state index is 11.8. The van der Waals surface area contributed by atoms with Crippen LogP contribution in [-0.2, 0) is 11.3 Å². The van der Waals surface area contributed by atoms with Gasteiger partial charge in [-0.15, -0.1) is 0 Å². The molecule has 8 nitrogen and oxygen atoms in total. The van der Waals surface area contributed by atoms with Crippen LogP contribution in [0.1, 0.15) is 5.56 Å². The molecule has 8 heteroatoms. The van der Waals surface area contributed by atoms with Gasteiger partial charge in [0.2, 0.25) is 5.91 Å². The highest BCUT2D eigenvalue weighted by Crippen LogP contribution is 2.10. The molecule has 1 aromatic heterocycles. The molecule has 0 saturated carbocycles. The van der Waals surface area contributed by atoms with Crippen LogP contribution >= 0.6 is 0 Å². The highest BCUT2D eigenvalue weighted by Gasteiger charge is 2.06. The van der Waals surface area contributed by atoms with E-state index in [9.17, 15) is 9.59 Å². The molecule has 2 aromatic rings.